The number of ether oxygens (including phenoxy) is 4. The number of hydrogen-bond acceptors (Lipinski definition) is 7. The van der Waals surface area contributed by atoms with Crippen LogP contribution in [0.2, 0.25) is 0 Å². The summed E-state index contributed by atoms with van der Waals surface area (Å²) in [7, 11) is 3.33. The Morgan fingerprint density at radius 2 is 1.59 bits per heavy atom. The number of aromatic nitrogens is 1. The number of nitrogens with zero attached hydrogens (tertiary/aromatic N) is 1. The molecule has 41 heavy (non-hydrogen) atoms. The third kappa shape index (κ3) is 4.27. The van der Waals surface area contributed by atoms with Crippen molar-refractivity contribution in [3.63, 3.8) is 0 Å². The van der Waals surface area contributed by atoms with Gasteiger partial charge in [0.1, 0.15) is 17.1 Å². The fourth-order valence-corrected chi connectivity index (χ4v) is 5.79. The zero-order chi connectivity index (χ0) is 29.1. The highest BCUT2D eigenvalue weighted by molar-refractivity contribution is 6.04. The van der Waals surface area contributed by atoms with Gasteiger partial charge in [0.15, 0.2) is 12.2 Å². The predicted octanol–water partition coefficient (Wildman–Crippen LogP) is 5.85. The molecule has 0 aliphatic carbocycles. The second kappa shape index (κ2) is 9.66. The number of aryl methyl sites for hydroxylation is 1. The van der Waals surface area contributed by atoms with Crippen LogP contribution in [0, 0.1) is 0 Å². The van der Waals surface area contributed by atoms with Crippen molar-refractivity contribution in [3.05, 3.63) is 94.1 Å². The summed E-state index contributed by atoms with van der Waals surface area (Å²) in [5.74, 6) is -0.462. The van der Waals surface area contributed by atoms with Crippen LogP contribution >= 0.6 is 0 Å². The number of hydrogen-bond donors (Lipinski definition) is 0. The van der Waals surface area contributed by atoms with Gasteiger partial charge in [0.25, 0.3) is 0 Å². The van der Waals surface area contributed by atoms with E-state index < -0.39 is 29.7 Å². The summed E-state index contributed by atoms with van der Waals surface area (Å²) in [5, 5.41) is 2.73. The van der Waals surface area contributed by atoms with Crippen molar-refractivity contribution in [2.75, 3.05) is 7.11 Å². The molecular formula is C33H29NO7. The molecule has 0 saturated carbocycles. The minimum Gasteiger partial charge on any atom is -0.496 e. The topological polar surface area (TPSA) is 93.1 Å². The lowest BCUT2D eigenvalue weighted by molar-refractivity contribution is -0.168. The number of carbonyl (C=O) groups is 2. The molecule has 0 spiro atoms. The van der Waals surface area contributed by atoms with E-state index >= 15 is 0 Å². The van der Waals surface area contributed by atoms with Gasteiger partial charge >= 0.3 is 11.9 Å². The maximum Gasteiger partial charge on any atom is 0.338 e. The van der Waals surface area contributed by atoms with Crippen molar-refractivity contribution >= 4 is 44.5 Å². The van der Waals surface area contributed by atoms with E-state index in [9.17, 15) is 14.4 Å². The van der Waals surface area contributed by atoms with Crippen LogP contribution in [-0.4, -0.2) is 35.3 Å². The number of benzene rings is 4. The first-order chi connectivity index (χ1) is 19.6. The highest BCUT2D eigenvalue weighted by Crippen LogP contribution is 2.49. The SMILES string of the molecule is COc1cc2c(c3c1c(=O)c1cc4ccccc4cc1n3C)C(OC(C)=O)C(OC(=O)c1ccccc1)C(C)(C)O2. The lowest BCUT2D eigenvalue weighted by Gasteiger charge is -2.43. The molecule has 0 bridgehead atoms. The predicted molar refractivity (Wildman–Crippen MR) is 156 cm³/mol. The number of fused-ring (bicyclic) bond motifs is 5. The Balaban J connectivity index is 1.67. The fourth-order valence-electron chi connectivity index (χ4n) is 5.79. The largest absolute Gasteiger partial charge is 0.496 e. The standard InChI is InChI=1S/C33H29NO7/c1-18(35)39-30-27-25(41-33(2,3)31(30)40-32(37)19-11-7-6-8-12-19)17-24(38-5)26-28(27)34(4)23-16-21-14-10-9-13-20(21)15-22(23)29(26)36/h6-17,30-31H,1-5H3. The molecule has 1 aromatic heterocycles. The molecule has 2 unspecified atom stereocenters. The van der Waals surface area contributed by atoms with Crippen LogP contribution in [0.4, 0.5) is 0 Å². The van der Waals surface area contributed by atoms with E-state index in [0.717, 1.165) is 10.8 Å². The number of methoxy groups -OCH3 is 1. The summed E-state index contributed by atoms with van der Waals surface area (Å²) in [6, 6.07) is 21.9. The van der Waals surface area contributed by atoms with E-state index in [2.05, 4.69) is 0 Å². The average Bonchev–Trinajstić information content (AvgIpc) is 2.95. The van der Waals surface area contributed by atoms with Crippen LogP contribution in [0.15, 0.2) is 77.6 Å². The second-order valence-corrected chi connectivity index (χ2v) is 10.7. The molecule has 0 amide bonds. The molecule has 1 aliphatic heterocycles. The lowest BCUT2D eigenvalue weighted by Crippen LogP contribution is -2.52. The first kappa shape index (κ1) is 26.4. The zero-order valence-electron chi connectivity index (χ0n) is 23.4. The molecule has 5 aromatic rings. The minimum absolute atomic E-state index is 0.234. The summed E-state index contributed by atoms with van der Waals surface area (Å²) in [6.07, 6.45) is -2.11. The summed E-state index contributed by atoms with van der Waals surface area (Å²) in [6.45, 7) is 4.82. The van der Waals surface area contributed by atoms with Gasteiger partial charge in [0, 0.05) is 25.4 Å². The van der Waals surface area contributed by atoms with Gasteiger partial charge < -0.3 is 23.5 Å². The number of esters is 2. The van der Waals surface area contributed by atoms with E-state index in [1.807, 2.05) is 48.0 Å². The summed E-state index contributed by atoms with van der Waals surface area (Å²) >= 11 is 0. The smallest absolute Gasteiger partial charge is 0.338 e. The van der Waals surface area contributed by atoms with Crippen molar-refractivity contribution in [1.29, 1.82) is 0 Å². The van der Waals surface area contributed by atoms with Gasteiger partial charge in [-0.3, -0.25) is 9.59 Å². The van der Waals surface area contributed by atoms with Crippen LogP contribution in [0.3, 0.4) is 0 Å². The Morgan fingerprint density at radius 1 is 0.927 bits per heavy atom. The van der Waals surface area contributed by atoms with Gasteiger partial charge in [-0.2, -0.15) is 0 Å². The molecule has 0 fully saturated rings. The third-order valence-electron chi connectivity index (χ3n) is 7.67. The minimum atomic E-state index is -1.11. The molecule has 1 aliphatic rings. The summed E-state index contributed by atoms with van der Waals surface area (Å²) < 4.78 is 26.0. The van der Waals surface area contributed by atoms with Crippen LogP contribution in [0.5, 0.6) is 11.5 Å². The van der Waals surface area contributed by atoms with Crippen LogP contribution in [0.25, 0.3) is 32.6 Å². The van der Waals surface area contributed by atoms with Crippen LogP contribution < -0.4 is 14.9 Å². The summed E-state index contributed by atoms with van der Waals surface area (Å²) in [5.41, 5.74) is 0.581. The molecule has 0 saturated heterocycles. The Hall–Kier alpha value is -4.85. The van der Waals surface area contributed by atoms with E-state index in [0.29, 0.717) is 44.4 Å². The Bertz CT molecular complexity index is 1920. The van der Waals surface area contributed by atoms with Gasteiger partial charge in [-0.15, -0.1) is 0 Å². The molecule has 8 heteroatoms. The first-order valence-electron chi connectivity index (χ1n) is 13.3. The van der Waals surface area contributed by atoms with Crippen molar-refractivity contribution in [1.82, 2.24) is 4.57 Å². The van der Waals surface area contributed by atoms with Crippen LogP contribution in [-0.2, 0) is 21.3 Å². The summed E-state index contributed by atoms with van der Waals surface area (Å²) in [4.78, 5) is 39.9. The average molecular weight is 552 g/mol. The quantitative estimate of drug-likeness (QED) is 0.204. The van der Waals surface area contributed by atoms with E-state index in [1.165, 1.54) is 14.0 Å². The van der Waals surface area contributed by atoms with E-state index in [1.54, 1.807) is 50.2 Å². The molecule has 2 heterocycles. The van der Waals surface area contributed by atoms with Gasteiger partial charge in [-0.1, -0.05) is 42.5 Å². The molecular weight excluding hydrogens is 522 g/mol. The van der Waals surface area contributed by atoms with Crippen LogP contribution in [0.1, 0.15) is 42.8 Å². The van der Waals surface area contributed by atoms with Gasteiger partial charge in [-0.25, -0.2) is 4.79 Å². The fraction of sp³-hybridized carbons (Fsp3) is 0.242. The third-order valence-corrected chi connectivity index (χ3v) is 7.67. The number of pyridine rings is 1. The monoisotopic (exact) mass is 551 g/mol. The second-order valence-electron chi connectivity index (χ2n) is 10.7. The van der Waals surface area contributed by atoms with Crippen molar-refractivity contribution < 1.29 is 28.5 Å². The molecule has 208 valence electrons. The maximum atomic E-state index is 14.1. The number of rotatable bonds is 4. The van der Waals surface area contributed by atoms with Gasteiger partial charge in [0.2, 0.25) is 5.43 Å². The normalized spacial score (nSPS) is 17.6. The van der Waals surface area contributed by atoms with Gasteiger partial charge in [0.05, 0.1) is 34.7 Å². The Labute approximate surface area is 236 Å². The highest BCUT2D eigenvalue weighted by atomic mass is 16.6. The Morgan fingerprint density at radius 3 is 2.24 bits per heavy atom. The van der Waals surface area contributed by atoms with Crippen molar-refractivity contribution in [3.8, 4) is 11.5 Å². The molecule has 0 radical (unpaired) electrons. The zero-order valence-corrected chi connectivity index (χ0v) is 23.4. The highest BCUT2D eigenvalue weighted by Gasteiger charge is 2.50. The Kier molecular flexibility index (Phi) is 6.21. The number of carbonyl (C=O) groups excluding carboxylic acids is 2. The molecule has 2 atom stereocenters. The lowest BCUT2D eigenvalue weighted by atomic mass is 9.86. The van der Waals surface area contributed by atoms with E-state index in [4.69, 9.17) is 18.9 Å². The molecule has 8 nitrogen and oxygen atoms in total. The molecule has 6 rings (SSSR count). The van der Waals surface area contributed by atoms with E-state index in [-0.39, 0.29) is 5.43 Å². The maximum absolute atomic E-state index is 14.1. The molecule has 4 aromatic carbocycles. The van der Waals surface area contributed by atoms with Crippen molar-refractivity contribution in [2.45, 2.75) is 38.6 Å². The molecule has 0 N–H and O–H groups in total. The first-order valence-corrected chi connectivity index (χ1v) is 13.3. The van der Waals surface area contributed by atoms with Gasteiger partial charge in [-0.05, 0) is 48.9 Å². The van der Waals surface area contributed by atoms with Crippen molar-refractivity contribution in [2.24, 2.45) is 7.05 Å².